The predicted molar refractivity (Wildman–Crippen MR) is 164 cm³/mol. The second-order valence-corrected chi connectivity index (χ2v) is 13.0. The van der Waals surface area contributed by atoms with Crippen LogP contribution in [0.2, 0.25) is 0 Å². The molecule has 2 aliphatic carbocycles. The van der Waals surface area contributed by atoms with Gasteiger partial charge in [0.1, 0.15) is 5.82 Å². The van der Waals surface area contributed by atoms with Gasteiger partial charge in [0.2, 0.25) is 0 Å². The highest BCUT2D eigenvalue weighted by Crippen LogP contribution is 2.48. The lowest BCUT2D eigenvalue weighted by Crippen LogP contribution is -2.31. The van der Waals surface area contributed by atoms with Crippen LogP contribution >= 0.6 is 15.9 Å². The van der Waals surface area contributed by atoms with Gasteiger partial charge >= 0.3 is 5.97 Å². The predicted octanol–water partition coefficient (Wildman–Crippen LogP) is 6.71. The molecule has 0 spiro atoms. The van der Waals surface area contributed by atoms with Crippen molar-refractivity contribution in [2.24, 2.45) is 0 Å². The van der Waals surface area contributed by atoms with Crippen molar-refractivity contribution in [3.63, 3.8) is 0 Å². The number of imidazole rings is 1. The number of aromatic carboxylic acids is 1. The van der Waals surface area contributed by atoms with Crippen LogP contribution in [0.15, 0.2) is 87.0 Å². The molecule has 3 aromatic rings. The Morgan fingerprint density at radius 2 is 1.77 bits per heavy atom. The molecule has 1 amide bonds. The number of amides is 1. The second-order valence-electron chi connectivity index (χ2n) is 10.5. The lowest BCUT2D eigenvalue weighted by molar-refractivity contribution is 0.0683. The molecule has 0 atom stereocenters. The highest BCUT2D eigenvalue weighted by Gasteiger charge is 2.35. The van der Waals surface area contributed by atoms with Gasteiger partial charge in [0.25, 0.3) is 15.9 Å². The summed E-state index contributed by atoms with van der Waals surface area (Å²) >= 11 is 3.72. The lowest BCUT2D eigenvalue weighted by Gasteiger charge is -2.15. The first-order valence-electron chi connectivity index (χ1n) is 13.9. The van der Waals surface area contributed by atoms with Crippen LogP contribution < -0.4 is 4.72 Å². The molecule has 0 saturated heterocycles. The number of carboxylic acids is 1. The summed E-state index contributed by atoms with van der Waals surface area (Å²) < 4.78 is 36.1. The van der Waals surface area contributed by atoms with E-state index in [2.05, 4.69) is 20.7 Å². The Kier molecular flexibility index (Phi) is 7.70. The Morgan fingerprint density at radius 1 is 1.05 bits per heavy atom. The fourth-order valence-corrected chi connectivity index (χ4v) is 7.26. The summed E-state index contributed by atoms with van der Waals surface area (Å²) in [6.07, 6.45) is 6.35. The smallest absolute Gasteiger partial charge is 0.354 e. The largest absolute Gasteiger partial charge is 0.477 e. The molecule has 6 rings (SSSR count). The number of carbonyl (C=O) groups excluding carboxylic acids is 1. The van der Waals surface area contributed by atoms with Crippen molar-refractivity contribution in [2.45, 2.75) is 50.0 Å². The van der Waals surface area contributed by atoms with Gasteiger partial charge in [-0.15, -0.1) is 0 Å². The fourth-order valence-electron chi connectivity index (χ4n) is 5.51. The van der Waals surface area contributed by atoms with Crippen LogP contribution in [0.4, 0.5) is 0 Å². The van der Waals surface area contributed by atoms with E-state index in [1.807, 2.05) is 6.92 Å². The van der Waals surface area contributed by atoms with Crippen molar-refractivity contribution < 1.29 is 27.5 Å². The summed E-state index contributed by atoms with van der Waals surface area (Å²) in [4.78, 5) is 31.0. The molecule has 1 aliphatic heterocycles. The number of fused-ring (bicyclic) bond motifs is 1. The molecule has 43 heavy (non-hydrogen) atoms. The van der Waals surface area contributed by atoms with Crippen LogP contribution in [0.5, 0.6) is 0 Å². The Labute approximate surface area is 257 Å². The summed E-state index contributed by atoms with van der Waals surface area (Å²) in [5.41, 5.74) is 4.36. The monoisotopic (exact) mass is 661 g/mol. The normalized spacial score (nSPS) is 13.3. The van der Waals surface area contributed by atoms with E-state index in [9.17, 15) is 23.1 Å². The summed E-state index contributed by atoms with van der Waals surface area (Å²) in [6, 6.07) is 16.2. The average Bonchev–Trinajstić information content (AvgIpc) is 3.73. The summed E-state index contributed by atoms with van der Waals surface area (Å²) in [5.74, 6) is -0.989. The third-order valence-electron chi connectivity index (χ3n) is 7.62. The standard InChI is InChI=1S/C32H28BrN3O6S/c1-2-8-26-34-29(19-13-14-19)30(32(38)39)36(26)17-24-21-15-16-42-18-25(21)28(33)27(24)22-11-6-7-12-23(22)31(37)35-43(40,41)20-9-4-3-5-10-20/h3-7,9-12,15-16,18-19H,2,8,13-14,17H2,1H3,(H,35,37)(H,38,39). The fraction of sp³-hybridized carbons (Fsp3) is 0.219. The molecule has 2 heterocycles. The number of aryl methyl sites for hydroxylation is 1. The van der Waals surface area contributed by atoms with Crippen molar-refractivity contribution in [3.8, 4) is 22.3 Å². The SMILES string of the molecule is CCCc1nc(C2CC2)c(C(=O)O)n1Cc1c2ccocc-2c(Br)c1-c1ccccc1C(=O)NS(=O)(=O)c1ccccc1. The number of nitrogens with one attached hydrogen (secondary N) is 1. The highest BCUT2D eigenvalue weighted by molar-refractivity contribution is 9.10. The maximum absolute atomic E-state index is 13.6. The van der Waals surface area contributed by atoms with Gasteiger partial charge in [0.15, 0.2) is 5.69 Å². The number of nitrogens with zero attached hydrogens (tertiary/aromatic N) is 2. The van der Waals surface area contributed by atoms with Crippen LogP contribution in [-0.4, -0.2) is 35.0 Å². The maximum Gasteiger partial charge on any atom is 0.354 e. The van der Waals surface area contributed by atoms with Crippen molar-refractivity contribution in [2.75, 3.05) is 0 Å². The molecule has 1 saturated carbocycles. The Balaban J connectivity index is 1.51. The van der Waals surface area contributed by atoms with Gasteiger partial charge < -0.3 is 14.1 Å². The zero-order valence-electron chi connectivity index (χ0n) is 23.2. The van der Waals surface area contributed by atoms with Crippen LogP contribution in [-0.2, 0) is 23.0 Å². The van der Waals surface area contributed by atoms with E-state index < -0.39 is 21.9 Å². The van der Waals surface area contributed by atoms with E-state index in [1.165, 1.54) is 12.1 Å². The van der Waals surface area contributed by atoms with Gasteiger partial charge in [-0.25, -0.2) is 22.9 Å². The first-order valence-corrected chi connectivity index (χ1v) is 16.2. The second kappa shape index (κ2) is 11.5. The molecule has 1 fully saturated rings. The van der Waals surface area contributed by atoms with Crippen LogP contribution in [0.1, 0.15) is 70.0 Å². The molecule has 0 bridgehead atoms. The van der Waals surface area contributed by atoms with E-state index in [4.69, 9.17) is 9.40 Å². The molecular weight excluding hydrogens is 634 g/mol. The lowest BCUT2D eigenvalue weighted by atomic mass is 9.97. The molecule has 0 radical (unpaired) electrons. The topological polar surface area (TPSA) is 131 Å². The zero-order valence-corrected chi connectivity index (χ0v) is 25.6. The third kappa shape index (κ3) is 5.38. The number of aromatic nitrogens is 2. The number of hydrogen-bond donors (Lipinski definition) is 2. The summed E-state index contributed by atoms with van der Waals surface area (Å²) in [5, 5.41) is 10.3. The van der Waals surface area contributed by atoms with Crippen molar-refractivity contribution in [3.05, 3.63) is 106 Å². The molecule has 220 valence electrons. The quantitative estimate of drug-likeness (QED) is 0.170. The van der Waals surface area contributed by atoms with Crippen molar-refractivity contribution >= 4 is 37.8 Å². The first-order chi connectivity index (χ1) is 20.7. The van der Waals surface area contributed by atoms with E-state index in [1.54, 1.807) is 65.6 Å². The molecule has 0 unspecified atom stereocenters. The zero-order chi connectivity index (χ0) is 30.3. The average molecular weight is 663 g/mol. The molecule has 2 N–H and O–H groups in total. The molecular formula is C32H28BrN3O6S. The summed E-state index contributed by atoms with van der Waals surface area (Å²) in [7, 11) is -4.13. The first kappa shape index (κ1) is 28.9. The Hall–Kier alpha value is -4.22. The Morgan fingerprint density at radius 3 is 2.47 bits per heavy atom. The number of carbonyl (C=O) groups is 2. The molecule has 3 aliphatic rings. The minimum atomic E-state index is -4.13. The Bertz CT molecular complexity index is 1930. The third-order valence-corrected chi connectivity index (χ3v) is 9.79. The molecule has 9 nitrogen and oxygen atoms in total. The van der Waals surface area contributed by atoms with Gasteiger partial charge in [-0.3, -0.25) is 4.79 Å². The van der Waals surface area contributed by atoms with E-state index in [0.717, 1.165) is 36.0 Å². The number of carboxylic acid groups (broad SMARTS) is 1. The van der Waals surface area contributed by atoms with Gasteiger partial charge in [-0.2, -0.15) is 0 Å². The van der Waals surface area contributed by atoms with E-state index in [0.29, 0.717) is 33.5 Å². The molecule has 1 aromatic heterocycles. The maximum atomic E-state index is 13.6. The van der Waals surface area contributed by atoms with Gasteiger partial charge in [0, 0.05) is 33.5 Å². The number of hydrogen-bond acceptors (Lipinski definition) is 6. The van der Waals surface area contributed by atoms with Crippen LogP contribution in [0.3, 0.4) is 0 Å². The van der Waals surface area contributed by atoms with E-state index in [-0.39, 0.29) is 28.6 Å². The van der Waals surface area contributed by atoms with Gasteiger partial charge in [-0.1, -0.05) is 43.3 Å². The number of benzene rings is 2. The van der Waals surface area contributed by atoms with Gasteiger partial charge in [-0.05, 0) is 76.1 Å². The number of rotatable bonds is 10. The number of sulfonamides is 1. The molecule has 2 aromatic carbocycles. The number of halogens is 1. The summed E-state index contributed by atoms with van der Waals surface area (Å²) in [6.45, 7) is 2.20. The highest BCUT2D eigenvalue weighted by atomic mass is 79.9. The van der Waals surface area contributed by atoms with Crippen molar-refractivity contribution in [1.29, 1.82) is 0 Å². The van der Waals surface area contributed by atoms with Crippen LogP contribution in [0, 0.1) is 0 Å². The minimum absolute atomic E-state index is 0.0282. The van der Waals surface area contributed by atoms with Crippen molar-refractivity contribution in [1.82, 2.24) is 14.3 Å². The van der Waals surface area contributed by atoms with E-state index >= 15 is 0 Å². The molecule has 11 heteroatoms. The minimum Gasteiger partial charge on any atom is -0.477 e. The van der Waals surface area contributed by atoms with Gasteiger partial charge in [0.05, 0.1) is 29.7 Å². The van der Waals surface area contributed by atoms with Crippen LogP contribution in [0.25, 0.3) is 22.3 Å².